The van der Waals surface area contributed by atoms with Gasteiger partial charge in [-0.25, -0.2) is 0 Å². The second kappa shape index (κ2) is 3.74. The van der Waals surface area contributed by atoms with Gasteiger partial charge < -0.3 is 5.32 Å². The Morgan fingerprint density at radius 3 is 3.07 bits per heavy atom. The molecule has 1 N–H and O–H groups in total. The lowest BCUT2D eigenvalue weighted by molar-refractivity contribution is -0.114. The molecule has 76 valence electrons. The summed E-state index contributed by atoms with van der Waals surface area (Å²) in [5.74, 6) is -0.0313. The molecule has 0 aliphatic heterocycles. The van der Waals surface area contributed by atoms with Crippen LogP contribution in [0.1, 0.15) is 30.4 Å². The average molecular weight is 200 g/mol. The predicted octanol–water partition coefficient (Wildman–Crippen LogP) is 2.20. The van der Waals surface area contributed by atoms with Crippen LogP contribution in [0, 0.1) is 11.3 Å². The van der Waals surface area contributed by atoms with Crippen LogP contribution in [-0.2, 0) is 11.2 Å². The van der Waals surface area contributed by atoms with E-state index in [1.165, 1.54) is 12.5 Å². The van der Waals surface area contributed by atoms with Crippen molar-refractivity contribution in [3.63, 3.8) is 0 Å². The molecule has 1 unspecified atom stereocenters. The number of aryl methyl sites for hydroxylation is 1. The first kappa shape index (κ1) is 9.72. The topological polar surface area (TPSA) is 52.9 Å². The molecule has 1 atom stereocenters. The van der Waals surface area contributed by atoms with Crippen LogP contribution in [0.5, 0.6) is 0 Å². The number of carbonyl (C=O) groups is 1. The Morgan fingerprint density at radius 1 is 1.60 bits per heavy atom. The molecule has 3 nitrogen and oxygen atoms in total. The van der Waals surface area contributed by atoms with Crippen LogP contribution in [0.3, 0.4) is 0 Å². The summed E-state index contributed by atoms with van der Waals surface area (Å²) in [6.45, 7) is 1.49. The summed E-state index contributed by atoms with van der Waals surface area (Å²) < 4.78 is 0. The van der Waals surface area contributed by atoms with E-state index in [1.54, 1.807) is 0 Å². The Labute approximate surface area is 88.7 Å². The monoisotopic (exact) mass is 200 g/mol. The van der Waals surface area contributed by atoms with Crippen molar-refractivity contribution >= 4 is 11.6 Å². The second-order valence-corrected chi connectivity index (χ2v) is 3.82. The quantitative estimate of drug-likeness (QED) is 0.755. The molecule has 1 amide bonds. The molecule has 0 heterocycles. The largest absolute Gasteiger partial charge is 0.326 e. The molecule has 1 aromatic rings. The zero-order valence-corrected chi connectivity index (χ0v) is 8.58. The van der Waals surface area contributed by atoms with Gasteiger partial charge in [-0.1, -0.05) is 6.07 Å². The minimum atomic E-state index is -0.0650. The minimum absolute atomic E-state index is 0.0337. The smallest absolute Gasteiger partial charge is 0.221 e. The zero-order valence-electron chi connectivity index (χ0n) is 8.58. The predicted molar refractivity (Wildman–Crippen MR) is 57.4 cm³/mol. The van der Waals surface area contributed by atoms with Crippen molar-refractivity contribution < 1.29 is 4.79 Å². The van der Waals surface area contributed by atoms with E-state index in [4.69, 9.17) is 5.26 Å². The third-order valence-electron chi connectivity index (χ3n) is 2.70. The average Bonchev–Trinajstić information content (AvgIpc) is 2.58. The SMILES string of the molecule is CC(=O)Nc1ccc2c(c1)CCC2C#N. The van der Waals surface area contributed by atoms with Gasteiger partial charge >= 0.3 is 0 Å². The molecule has 1 aliphatic rings. The fourth-order valence-electron chi connectivity index (χ4n) is 2.03. The molecule has 2 rings (SSSR count). The van der Waals surface area contributed by atoms with Crippen LogP contribution >= 0.6 is 0 Å². The van der Waals surface area contributed by atoms with E-state index in [2.05, 4.69) is 11.4 Å². The van der Waals surface area contributed by atoms with Gasteiger partial charge in [-0.05, 0) is 36.1 Å². The number of hydrogen-bond donors (Lipinski definition) is 1. The fourth-order valence-corrected chi connectivity index (χ4v) is 2.03. The third kappa shape index (κ3) is 1.84. The first-order chi connectivity index (χ1) is 7.20. The molecule has 0 aromatic heterocycles. The van der Waals surface area contributed by atoms with E-state index in [1.807, 2.05) is 18.2 Å². The highest BCUT2D eigenvalue weighted by atomic mass is 16.1. The number of nitrogens with one attached hydrogen (secondary N) is 1. The summed E-state index contributed by atoms with van der Waals surface area (Å²) in [6, 6.07) is 8.06. The van der Waals surface area contributed by atoms with Crippen LogP contribution in [-0.4, -0.2) is 5.91 Å². The molecule has 0 fully saturated rings. The van der Waals surface area contributed by atoms with Crippen LogP contribution in [0.4, 0.5) is 5.69 Å². The maximum absolute atomic E-state index is 10.9. The lowest BCUT2D eigenvalue weighted by Crippen LogP contribution is -2.06. The van der Waals surface area contributed by atoms with Crippen molar-refractivity contribution in [2.75, 3.05) is 5.32 Å². The number of nitrogens with zero attached hydrogens (tertiary/aromatic N) is 1. The molecule has 3 heteroatoms. The maximum atomic E-state index is 10.9. The Bertz CT molecular complexity index is 445. The summed E-state index contributed by atoms with van der Waals surface area (Å²) in [6.07, 6.45) is 1.83. The molecule has 0 spiro atoms. The van der Waals surface area contributed by atoms with Crippen LogP contribution in [0.25, 0.3) is 0 Å². The Kier molecular flexibility index (Phi) is 2.42. The van der Waals surface area contributed by atoms with E-state index >= 15 is 0 Å². The molecular weight excluding hydrogens is 188 g/mol. The highest BCUT2D eigenvalue weighted by Gasteiger charge is 2.21. The molecule has 1 aliphatic carbocycles. The molecule has 1 aromatic carbocycles. The van der Waals surface area contributed by atoms with E-state index in [0.29, 0.717) is 0 Å². The van der Waals surface area contributed by atoms with E-state index in [0.717, 1.165) is 24.1 Å². The van der Waals surface area contributed by atoms with Gasteiger partial charge in [-0.2, -0.15) is 5.26 Å². The molecule has 0 saturated heterocycles. The number of carbonyl (C=O) groups excluding carboxylic acids is 1. The molecule has 0 radical (unpaired) electrons. The zero-order chi connectivity index (χ0) is 10.8. The number of nitriles is 1. The van der Waals surface area contributed by atoms with E-state index in [9.17, 15) is 4.79 Å². The van der Waals surface area contributed by atoms with Gasteiger partial charge in [0.05, 0.1) is 12.0 Å². The molecule has 0 bridgehead atoms. The van der Waals surface area contributed by atoms with Crippen molar-refractivity contribution in [2.24, 2.45) is 0 Å². The number of fused-ring (bicyclic) bond motifs is 1. The van der Waals surface area contributed by atoms with Crippen molar-refractivity contribution in [1.82, 2.24) is 0 Å². The summed E-state index contributed by atoms with van der Waals surface area (Å²) in [4.78, 5) is 10.9. The Hall–Kier alpha value is -1.82. The third-order valence-corrected chi connectivity index (χ3v) is 2.70. The Morgan fingerprint density at radius 2 is 2.40 bits per heavy atom. The van der Waals surface area contributed by atoms with Crippen molar-refractivity contribution in [2.45, 2.75) is 25.7 Å². The van der Waals surface area contributed by atoms with Gasteiger partial charge in [0.1, 0.15) is 0 Å². The van der Waals surface area contributed by atoms with E-state index in [-0.39, 0.29) is 11.8 Å². The number of anilines is 1. The normalized spacial score (nSPS) is 18.0. The van der Waals surface area contributed by atoms with Gasteiger partial charge in [-0.15, -0.1) is 0 Å². The molecule has 15 heavy (non-hydrogen) atoms. The van der Waals surface area contributed by atoms with Crippen molar-refractivity contribution in [3.8, 4) is 6.07 Å². The number of benzene rings is 1. The minimum Gasteiger partial charge on any atom is -0.326 e. The van der Waals surface area contributed by atoms with Crippen LogP contribution < -0.4 is 5.32 Å². The van der Waals surface area contributed by atoms with Crippen LogP contribution in [0.15, 0.2) is 18.2 Å². The van der Waals surface area contributed by atoms with Gasteiger partial charge in [-0.3, -0.25) is 4.79 Å². The number of amides is 1. The van der Waals surface area contributed by atoms with Crippen LogP contribution in [0.2, 0.25) is 0 Å². The maximum Gasteiger partial charge on any atom is 0.221 e. The fraction of sp³-hybridized carbons (Fsp3) is 0.333. The standard InChI is InChI=1S/C12H12N2O/c1-8(15)14-11-4-5-12-9(6-11)2-3-10(12)7-13/h4-6,10H,2-3H2,1H3,(H,14,15). The first-order valence-electron chi connectivity index (χ1n) is 5.00. The Balaban J connectivity index is 2.30. The number of hydrogen-bond acceptors (Lipinski definition) is 2. The van der Waals surface area contributed by atoms with Gasteiger partial charge in [0.15, 0.2) is 0 Å². The summed E-state index contributed by atoms with van der Waals surface area (Å²) >= 11 is 0. The number of rotatable bonds is 1. The van der Waals surface area contributed by atoms with Gasteiger partial charge in [0.2, 0.25) is 5.91 Å². The van der Waals surface area contributed by atoms with Gasteiger partial charge in [0.25, 0.3) is 0 Å². The highest BCUT2D eigenvalue weighted by molar-refractivity contribution is 5.88. The molecule has 0 saturated carbocycles. The second-order valence-electron chi connectivity index (χ2n) is 3.82. The summed E-state index contributed by atoms with van der Waals surface area (Å²) in [5.41, 5.74) is 3.12. The van der Waals surface area contributed by atoms with Crippen molar-refractivity contribution in [3.05, 3.63) is 29.3 Å². The lowest BCUT2D eigenvalue weighted by Gasteiger charge is -2.06. The first-order valence-corrected chi connectivity index (χ1v) is 5.00. The summed E-state index contributed by atoms with van der Waals surface area (Å²) in [7, 11) is 0. The van der Waals surface area contributed by atoms with Crippen molar-refractivity contribution in [1.29, 1.82) is 5.26 Å². The highest BCUT2D eigenvalue weighted by Crippen LogP contribution is 2.33. The summed E-state index contributed by atoms with van der Waals surface area (Å²) in [5, 5.41) is 11.7. The van der Waals surface area contributed by atoms with E-state index < -0.39 is 0 Å². The lowest BCUT2D eigenvalue weighted by atomic mass is 10.0. The molecular formula is C12H12N2O. The van der Waals surface area contributed by atoms with Gasteiger partial charge in [0, 0.05) is 12.6 Å².